The summed E-state index contributed by atoms with van der Waals surface area (Å²) in [6, 6.07) is 17.1. The van der Waals surface area contributed by atoms with Gasteiger partial charge in [-0.05, 0) is 30.5 Å². The first kappa shape index (κ1) is 21.4. The Hall–Kier alpha value is -2.80. The number of hydrogen-bond donors (Lipinski definition) is 1. The largest absolute Gasteiger partial charge is 0.350 e. The Morgan fingerprint density at radius 2 is 1.61 bits per heavy atom. The molecule has 2 aromatic rings. The second-order valence-electron chi connectivity index (χ2n) is 7.89. The van der Waals surface area contributed by atoms with Crippen LogP contribution < -0.4 is 10.2 Å². The molecule has 0 aliphatic carbocycles. The van der Waals surface area contributed by atoms with Gasteiger partial charge in [-0.25, -0.2) is 0 Å². The highest BCUT2D eigenvalue weighted by Gasteiger charge is 2.40. The van der Waals surface area contributed by atoms with E-state index in [2.05, 4.69) is 5.32 Å². The predicted molar refractivity (Wildman–Crippen MR) is 122 cm³/mol. The quantitative estimate of drug-likeness (QED) is 0.730. The van der Waals surface area contributed by atoms with Crippen molar-refractivity contribution in [1.82, 2.24) is 10.2 Å². The highest BCUT2D eigenvalue weighted by Crippen LogP contribution is 2.39. The molecule has 4 rings (SSSR count). The second kappa shape index (κ2) is 10.0. The number of likely N-dealkylation sites (tertiary alicyclic amines) is 1. The zero-order valence-corrected chi connectivity index (χ0v) is 18.3. The summed E-state index contributed by atoms with van der Waals surface area (Å²) in [5.41, 5.74) is 1.68. The molecule has 2 aliphatic heterocycles. The molecular weight excluding hydrogens is 410 g/mol. The number of nitrogens with one attached hydrogen (secondary N) is 1. The van der Waals surface area contributed by atoms with Crippen LogP contribution in [0.2, 0.25) is 0 Å². The number of nitrogens with zero attached hydrogens (tertiary/aromatic N) is 2. The van der Waals surface area contributed by atoms with Gasteiger partial charge in [0.2, 0.25) is 11.8 Å². The zero-order chi connectivity index (χ0) is 21.6. The van der Waals surface area contributed by atoms with Gasteiger partial charge >= 0.3 is 0 Å². The Balaban J connectivity index is 1.49. The number of rotatable bonds is 5. The molecule has 0 spiro atoms. The molecule has 0 unspecified atom stereocenters. The van der Waals surface area contributed by atoms with Gasteiger partial charge in [-0.3, -0.25) is 14.4 Å². The maximum absolute atomic E-state index is 13.3. The van der Waals surface area contributed by atoms with E-state index in [1.807, 2.05) is 59.5 Å². The van der Waals surface area contributed by atoms with Crippen LogP contribution in [0.1, 0.15) is 31.2 Å². The van der Waals surface area contributed by atoms with Crippen molar-refractivity contribution >= 4 is 35.2 Å². The number of thioether (sulfide) groups is 1. The summed E-state index contributed by atoms with van der Waals surface area (Å²) in [4.78, 5) is 43.4. The lowest BCUT2D eigenvalue weighted by Gasteiger charge is -2.34. The minimum Gasteiger partial charge on any atom is -0.350 e. The minimum absolute atomic E-state index is 0.104. The Bertz CT molecular complexity index is 942. The number of amides is 3. The van der Waals surface area contributed by atoms with Gasteiger partial charge in [0.25, 0.3) is 5.91 Å². The molecule has 0 radical (unpaired) electrons. The van der Waals surface area contributed by atoms with Gasteiger partial charge in [0.05, 0.1) is 5.69 Å². The fourth-order valence-electron chi connectivity index (χ4n) is 3.99. The molecule has 31 heavy (non-hydrogen) atoms. The highest BCUT2D eigenvalue weighted by atomic mass is 32.2. The van der Waals surface area contributed by atoms with Crippen LogP contribution >= 0.6 is 11.8 Å². The summed E-state index contributed by atoms with van der Waals surface area (Å²) in [5.74, 6) is -0.700. The summed E-state index contributed by atoms with van der Waals surface area (Å²) in [7, 11) is 0. The molecule has 2 heterocycles. The monoisotopic (exact) mass is 437 g/mol. The molecule has 3 amide bonds. The van der Waals surface area contributed by atoms with Crippen LogP contribution in [0.4, 0.5) is 5.69 Å². The number of para-hydroxylation sites is 1. The Kier molecular flexibility index (Phi) is 6.92. The van der Waals surface area contributed by atoms with Crippen molar-refractivity contribution in [2.45, 2.75) is 42.4 Å². The predicted octanol–water partition coefficient (Wildman–Crippen LogP) is 3.21. The average molecular weight is 438 g/mol. The van der Waals surface area contributed by atoms with Gasteiger partial charge in [0, 0.05) is 24.5 Å². The van der Waals surface area contributed by atoms with Gasteiger partial charge < -0.3 is 15.1 Å². The molecule has 1 atom stereocenters. The summed E-state index contributed by atoms with van der Waals surface area (Å²) >= 11 is 1.30. The number of benzene rings is 2. The molecule has 2 aromatic carbocycles. The number of anilines is 1. The lowest BCUT2D eigenvalue weighted by molar-refractivity contribution is -0.135. The number of carbonyl (C=O) groups excluding carboxylic acids is 3. The molecule has 1 N–H and O–H groups in total. The third kappa shape index (κ3) is 5.10. The summed E-state index contributed by atoms with van der Waals surface area (Å²) in [6.45, 7) is 1.69. The van der Waals surface area contributed by atoms with Crippen molar-refractivity contribution in [3.8, 4) is 0 Å². The fraction of sp³-hybridized carbons (Fsp3) is 0.375. The van der Waals surface area contributed by atoms with E-state index in [1.165, 1.54) is 16.7 Å². The number of fused-ring (bicyclic) bond motifs is 1. The summed E-state index contributed by atoms with van der Waals surface area (Å²) in [6.07, 6.45) is 4.18. The van der Waals surface area contributed by atoms with Crippen molar-refractivity contribution in [3.63, 3.8) is 0 Å². The minimum atomic E-state index is -0.838. The van der Waals surface area contributed by atoms with Crippen LogP contribution in [0.15, 0.2) is 59.5 Å². The van der Waals surface area contributed by atoms with E-state index in [0.29, 0.717) is 25.3 Å². The smallest absolute Gasteiger partial charge is 0.250 e. The molecule has 162 valence electrons. The zero-order valence-electron chi connectivity index (χ0n) is 17.5. The van der Waals surface area contributed by atoms with Crippen LogP contribution in [0.25, 0.3) is 0 Å². The van der Waals surface area contributed by atoms with E-state index in [4.69, 9.17) is 0 Å². The highest BCUT2D eigenvalue weighted by molar-refractivity contribution is 8.01. The molecule has 0 saturated carbocycles. The van der Waals surface area contributed by atoms with Crippen molar-refractivity contribution in [2.75, 3.05) is 24.5 Å². The van der Waals surface area contributed by atoms with Crippen LogP contribution in [0.5, 0.6) is 0 Å². The third-order valence-corrected chi connectivity index (χ3v) is 6.91. The molecular formula is C24H27N3O3S. The van der Waals surface area contributed by atoms with E-state index in [-0.39, 0.29) is 24.3 Å². The van der Waals surface area contributed by atoms with E-state index < -0.39 is 5.25 Å². The molecule has 7 heteroatoms. The topological polar surface area (TPSA) is 69.7 Å². The van der Waals surface area contributed by atoms with Crippen molar-refractivity contribution in [2.24, 2.45) is 0 Å². The number of carbonyl (C=O) groups is 3. The lowest BCUT2D eigenvalue weighted by Crippen LogP contribution is -2.52. The van der Waals surface area contributed by atoms with E-state index in [1.54, 1.807) is 0 Å². The van der Waals surface area contributed by atoms with Crippen molar-refractivity contribution in [1.29, 1.82) is 0 Å². The molecule has 6 nitrogen and oxygen atoms in total. The van der Waals surface area contributed by atoms with E-state index in [9.17, 15) is 14.4 Å². The van der Waals surface area contributed by atoms with E-state index in [0.717, 1.165) is 36.1 Å². The van der Waals surface area contributed by atoms with Gasteiger partial charge in [-0.15, -0.1) is 11.8 Å². The summed E-state index contributed by atoms with van der Waals surface area (Å²) in [5, 5.41) is 2.04. The lowest BCUT2D eigenvalue weighted by atomic mass is 10.2. The SMILES string of the molecule is O=C(CN1C(=O)[C@H](C(=O)N2CCCCCC2)Sc2ccccc21)NCc1ccccc1. The van der Waals surface area contributed by atoms with Gasteiger partial charge in [0.1, 0.15) is 6.54 Å². The molecule has 2 aliphatic rings. The van der Waals surface area contributed by atoms with Crippen LogP contribution in [-0.2, 0) is 20.9 Å². The first-order valence-corrected chi connectivity index (χ1v) is 11.7. The Labute approximate surface area is 187 Å². The molecule has 0 aromatic heterocycles. The summed E-state index contributed by atoms with van der Waals surface area (Å²) < 4.78 is 0. The maximum atomic E-state index is 13.3. The normalized spacial score (nSPS) is 18.8. The van der Waals surface area contributed by atoms with E-state index >= 15 is 0 Å². The van der Waals surface area contributed by atoms with Crippen molar-refractivity contribution < 1.29 is 14.4 Å². The number of hydrogen-bond acceptors (Lipinski definition) is 4. The third-order valence-electron chi connectivity index (χ3n) is 5.67. The first-order valence-electron chi connectivity index (χ1n) is 10.8. The van der Waals surface area contributed by atoms with Gasteiger partial charge in [0.15, 0.2) is 5.25 Å². The maximum Gasteiger partial charge on any atom is 0.250 e. The molecule has 1 fully saturated rings. The Morgan fingerprint density at radius 1 is 0.935 bits per heavy atom. The molecule has 0 bridgehead atoms. The second-order valence-corrected chi connectivity index (χ2v) is 9.04. The van der Waals surface area contributed by atoms with Crippen LogP contribution in [0.3, 0.4) is 0 Å². The standard InChI is InChI=1S/C24H27N3O3S/c28-21(25-16-18-10-4-3-5-11-18)17-27-19-12-6-7-13-20(19)31-22(24(27)30)23(29)26-14-8-1-2-9-15-26/h3-7,10-13,22H,1-2,8-9,14-17H2,(H,25,28)/t22-/m0/s1. The van der Waals surface area contributed by atoms with Crippen molar-refractivity contribution in [3.05, 3.63) is 60.2 Å². The fourth-order valence-corrected chi connectivity index (χ4v) is 5.18. The first-order chi connectivity index (χ1) is 15.1. The van der Waals surface area contributed by atoms with Crippen LogP contribution in [-0.4, -0.2) is 47.5 Å². The average Bonchev–Trinajstić information content (AvgIpc) is 3.09. The van der Waals surface area contributed by atoms with Gasteiger partial charge in [-0.2, -0.15) is 0 Å². The molecule has 1 saturated heterocycles. The van der Waals surface area contributed by atoms with Gasteiger partial charge in [-0.1, -0.05) is 55.3 Å². The Morgan fingerprint density at radius 3 is 2.35 bits per heavy atom. The van der Waals surface area contributed by atoms with Crippen LogP contribution in [0, 0.1) is 0 Å².